The van der Waals surface area contributed by atoms with Crippen LogP contribution in [-0.2, 0) is 10.9 Å². The highest BCUT2D eigenvalue weighted by atomic mass is 19.4. The van der Waals surface area contributed by atoms with Gasteiger partial charge in [0.25, 0.3) is 11.5 Å². The second-order valence-corrected chi connectivity index (χ2v) is 9.45. The molecule has 1 aromatic heterocycles. The minimum absolute atomic E-state index is 0.0147. The quantitative estimate of drug-likeness (QED) is 0.454. The summed E-state index contributed by atoms with van der Waals surface area (Å²) in [6.45, 7) is 7.18. The summed E-state index contributed by atoms with van der Waals surface area (Å²) >= 11 is 0. The van der Waals surface area contributed by atoms with E-state index >= 15 is 4.39 Å². The SMILES string of the molecule is COc1c(C(=O)N2C[C@@H](C)O[C@@H](C)C2)ccc(N[C@@H](C)c2cc3c(=O)[nH]c(C)nc3cc2C(F)(F)F)c1F. The number of anilines is 1. The lowest BCUT2D eigenvalue weighted by atomic mass is 9.98. The number of ether oxygens (including phenoxy) is 2. The van der Waals surface area contributed by atoms with E-state index in [1.807, 2.05) is 13.8 Å². The molecule has 1 fully saturated rings. The Morgan fingerprint density at radius 3 is 2.50 bits per heavy atom. The van der Waals surface area contributed by atoms with Crippen molar-refractivity contribution in [2.75, 3.05) is 25.5 Å². The van der Waals surface area contributed by atoms with Crippen molar-refractivity contribution in [3.8, 4) is 5.75 Å². The molecular weight excluding hydrogens is 508 g/mol. The third-order valence-electron chi connectivity index (χ3n) is 6.38. The summed E-state index contributed by atoms with van der Waals surface area (Å²) in [4.78, 5) is 33.6. The molecule has 3 atom stereocenters. The normalized spacial score (nSPS) is 18.9. The summed E-state index contributed by atoms with van der Waals surface area (Å²) in [7, 11) is 1.21. The smallest absolute Gasteiger partial charge is 0.416 e. The molecule has 12 heteroatoms. The zero-order chi connectivity index (χ0) is 27.9. The molecule has 0 aliphatic carbocycles. The molecule has 1 saturated heterocycles. The molecule has 0 saturated carbocycles. The second-order valence-electron chi connectivity index (χ2n) is 9.45. The topological polar surface area (TPSA) is 96.5 Å². The van der Waals surface area contributed by atoms with Crippen LogP contribution in [0.2, 0.25) is 0 Å². The summed E-state index contributed by atoms with van der Waals surface area (Å²) in [6.07, 6.45) is -5.15. The molecule has 0 spiro atoms. The number of aromatic nitrogens is 2. The van der Waals surface area contributed by atoms with Crippen molar-refractivity contribution in [1.82, 2.24) is 14.9 Å². The number of fused-ring (bicyclic) bond motifs is 1. The number of aromatic amines is 1. The average molecular weight is 537 g/mol. The van der Waals surface area contributed by atoms with Crippen LogP contribution < -0.4 is 15.6 Å². The van der Waals surface area contributed by atoms with Crippen molar-refractivity contribution in [1.29, 1.82) is 0 Å². The molecule has 1 aliphatic rings. The van der Waals surface area contributed by atoms with E-state index in [4.69, 9.17) is 9.47 Å². The number of hydrogen-bond donors (Lipinski definition) is 2. The number of carbonyl (C=O) groups is 1. The minimum atomic E-state index is -4.75. The lowest BCUT2D eigenvalue weighted by Crippen LogP contribution is -2.48. The Bertz CT molecular complexity index is 1430. The third-order valence-corrected chi connectivity index (χ3v) is 6.38. The number of alkyl halides is 3. The van der Waals surface area contributed by atoms with E-state index in [2.05, 4.69) is 15.3 Å². The van der Waals surface area contributed by atoms with Crippen molar-refractivity contribution in [3.05, 3.63) is 63.0 Å². The number of hydrogen-bond acceptors (Lipinski definition) is 6. The van der Waals surface area contributed by atoms with E-state index in [1.54, 1.807) is 4.90 Å². The molecule has 2 heterocycles. The molecule has 2 aromatic carbocycles. The average Bonchev–Trinajstić information content (AvgIpc) is 2.82. The van der Waals surface area contributed by atoms with Gasteiger partial charge in [-0.2, -0.15) is 13.2 Å². The number of halogens is 4. The summed E-state index contributed by atoms with van der Waals surface area (Å²) in [5, 5.41) is 2.71. The molecule has 0 unspecified atom stereocenters. The number of H-pyrrole nitrogens is 1. The Morgan fingerprint density at radius 2 is 1.89 bits per heavy atom. The Kier molecular flexibility index (Phi) is 7.37. The van der Waals surface area contributed by atoms with E-state index < -0.39 is 35.1 Å². The monoisotopic (exact) mass is 536 g/mol. The van der Waals surface area contributed by atoms with Gasteiger partial charge in [0.05, 0.1) is 47.0 Å². The van der Waals surface area contributed by atoms with Crippen molar-refractivity contribution in [2.24, 2.45) is 0 Å². The Hall–Kier alpha value is -3.67. The molecule has 38 heavy (non-hydrogen) atoms. The van der Waals surface area contributed by atoms with Crippen LogP contribution in [0.15, 0.2) is 29.1 Å². The van der Waals surface area contributed by atoms with Crippen LogP contribution >= 0.6 is 0 Å². The van der Waals surface area contributed by atoms with Crippen LogP contribution in [0.1, 0.15) is 54.1 Å². The molecule has 4 rings (SSSR count). The first-order valence-electron chi connectivity index (χ1n) is 12.0. The van der Waals surface area contributed by atoms with Gasteiger partial charge in [-0.1, -0.05) is 0 Å². The minimum Gasteiger partial charge on any atom is -0.493 e. The van der Waals surface area contributed by atoms with Crippen LogP contribution in [0.3, 0.4) is 0 Å². The van der Waals surface area contributed by atoms with Gasteiger partial charge in [0.1, 0.15) is 5.82 Å². The van der Waals surface area contributed by atoms with Crippen molar-refractivity contribution in [2.45, 2.75) is 52.1 Å². The van der Waals surface area contributed by atoms with Crippen LogP contribution in [0.5, 0.6) is 5.75 Å². The molecule has 1 aliphatic heterocycles. The standard InChI is InChI=1S/C26H28F4N4O4/c1-12-10-34(11-13(2)38-12)25(36)16-6-7-20(22(27)23(16)37-5)31-14(3)17-8-18-21(9-19(17)26(28,29)30)32-15(4)33-24(18)35/h6-9,12-14,31H,10-11H2,1-5H3,(H,32,33,35)/t12-,13+,14-/m0/s1. The molecule has 0 bridgehead atoms. The second kappa shape index (κ2) is 10.2. The number of morpholine rings is 1. The van der Waals surface area contributed by atoms with Crippen LogP contribution in [-0.4, -0.2) is 53.2 Å². The number of benzene rings is 2. The largest absolute Gasteiger partial charge is 0.493 e. The van der Waals surface area contributed by atoms with Gasteiger partial charge in [0.15, 0.2) is 11.6 Å². The van der Waals surface area contributed by atoms with Gasteiger partial charge in [-0.25, -0.2) is 9.37 Å². The zero-order valence-electron chi connectivity index (χ0n) is 21.5. The fourth-order valence-electron chi connectivity index (χ4n) is 4.78. The number of nitrogens with one attached hydrogen (secondary N) is 2. The van der Waals surface area contributed by atoms with E-state index in [0.717, 1.165) is 12.1 Å². The van der Waals surface area contributed by atoms with Crippen LogP contribution in [0, 0.1) is 12.7 Å². The molecular formula is C26H28F4N4O4. The van der Waals surface area contributed by atoms with E-state index in [-0.39, 0.29) is 51.5 Å². The first-order chi connectivity index (χ1) is 17.8. The number of carbonyl (C=O) groups excluding carboxylic acids is 1. The third kappa shape index (κ3) is 5.31. The van der Waals surface area contributed by atoms with Gasteiger partial charge in [-0.15, -0.1) is 0 Å². The summed E-state index contributed by atoms with van der Waals surface area (Å²) in [5.74, 6) is -1.52. The fraction of sp³-hybridized carbons (Fsp3) is 0.423. The molecule has 204 valence electrons. The van der Waals surface area contributed by atoms with Crippen molar-refractivity contribution >= 4 is 22.5 Å². The van der Waals surface area contributed by atoms with Crippen molar-refractivity contribution < 1.29 is 31.8 Å². The predicted molar refractivity (Wildman–Crippen MR) is 133 cm³/mol. The first-order valence-corrected chi connectivity index (χ1v) is 12.0. The maximum absolute atomic E-state index is 15.5. The van der Waals surface area contributed by atoms with Crippen molar-refractivity contribution in [3.63, 3.8) is 0 Å². The van der Waals surface area contributed by atoms with Crippen LogP contribution in [0.4, 0.5) is 23.2 Å². The number of nitrogens with zero attached hydrogens (tertiary/aromatic N) is 2. The zero-order valence-corrected chi connectivity index (χ0v) is 21.5. The number of methoxy groups -OCH3 is 1. The summed E-state index contributed by atoms with van der Waals surface area (Å²) in [5.41, 5.74) is -2.14. The van der Waals surface area contributed by atoms with E-state index in [1.165, 1.54) is 33.1 Å². The van der Waals surface area contributed by atoms with E-state index in [9.17, 15) is 22.8 Å². The Morgan fingerprint density at radius 1 is 1.24 bits per heavy atom. The van der Waals surface area contributed by atoms with Gasteiger partial charge in [-0.05, 0) is 57.5 Å². The highest BCUT2D eigenvalue weighted by Crippen LogP contribution is 2.38. The van der Waals surface area contributed by atoms with Gasteiger partial charge in [-0.3, -0.25) is 9.59 Å². The lowest BCUT2D eigenvalue weighted by molar-refractivity contribution is -0.138. The maximum Gasteiger partial charge on any atom is 0.416 e. The lowest BCUT2D eigenvalue weighted by Gasteiger charge is -2.35. The highest BCUT2D eigenvalue weighted by molar-refractivity contribution is 5.97. The van der Waals surface area contributed by atoms with Gasteiger partial charge >= 0.3 is 6.18 Å². The number of rotatable bonds is 5. The van der Waals surface area contributed by atoms with Gasteiger partial charge in [0, 0.05) is 19.1 Å². The highest BCUT2D eigenvalue weighted by Gasteiger charge is 2.36. The number of aryl methyl sites for hydroxylation is 1. The predicted octanol–water partition coefficient (Wildman–Crippen LogP) is 4.82. The molecule has 8 nitrogen and oxygen atoms in total. The summed E-state index contributed by atoms with van der Waals surface area (Å²) < 4.78 is 68.3. The molecule has 0 radical (unpaired) electrons. The van der Waals surface area contributed by atoms with E-state index in [0.29, 0.717) is 13.1 Å². The van der Waals surface area contributed by atoms with Gasteiger partial charge < -0.3 is 24.7 Å². The molecule has 1 amide bonds. The Balaban J connectivity index is 1.70. The van der Waals surface area contributed by atoms with Crippen LogP contribution in [0.25, 0.3) is 10.9 Å². The maximum atomic E-state index is 15.5. The molecule has 3 aromatic rings. The Labute approximate surface area is 216 Å². The number of amides is 1. The molecule has 2 N–H and O–H groups in total. The summed E-state index contributed by atoms with van der Waals surface area (Å²) in [6, 6.07) is 3.48. The fourth-order valence-corrected chi connectivity index (χ4v) is 4.78. The van der Waals surface area contributed by atoms with Gasteiger partial charge in [0.2, 0.25) is 0 Å². The first kappa shape index (κ1) is 27.4.